The predicted molar refractivity (Wildman–Crippen MR) is 119 cm³/mol. The largest absolute Gasteiger partial charge is 0.437 e. The number of aromatic nitrogens is 2. The molecule has 1 heterocycles. The standard InChI is InChI=1S/C24H17ClF3N3O3/c25-17-10-8-15(9-11-17)12-13-31(33)23(32)21-19-6-1-2-7-20(19)29-30-22(21)34-18-5-3-4-16(14-18)24(26,27)28/h1-11,14,33H,12-13H2. The number of alkyl halides is 3. The first-order valence-corrected chi connectivity index (χ1v) is 10.5. The van der Waals surface area contributed by atoms with Gasteiger partial charge >= 0.3 is 6.18 Å². The van der Waals surface area contributed by atoms with E-state index >= 15 is 0 Å². The summed E-state index contributed by atoms with van der Waals surface area (Å²) in [5.74, 6) is -1.34. The van der Waals surface area contributed by atoms with Crippen LogP contribution in [0.3, 0.4) is 0 Å². The normalized spacial score (nSPS) is 11.4. The lowest BCUT2D eigenvalue weighted by molar-refractivity contribution is -0.137. The Labute approximate surface area is 197 Å². The second-order valence-electron chi connectivity index (χ2n) is 7.33. The monoisotopic (exact) mass is 487 g/mol. The van der Waals surface area contributed by atoms with Crippen molar-refractivity contribution in [3.05, 3.63) is 94.5 Å². The van der Waals surface area contributed by atoms with Crippen molar-refractivity contribution >= 4 is 28.4 Å². The van der Waals surface area contributed by atoms with E-state index in [0.717, 1.165) is 17.7 Å². The van der Waals surface area contributed by atoms with E-state index in [1.54, 1.807) is 48.5 Å². The highest BCUT2D eigenvalue weighted by Gasteiger charge is 2.31. The molecule has 0 aliphatic rings. The Bertz CT molecular complexity index is 1330. The van der Waals surface area contributed by atoms with Gasteiger partial charge in [0.05, 0.1) is 17.6 Å². The fraction of sp³-hybridized carbons (Fsp3) is 0.125. The number of hydrogen-bond donors (Lipinski definition) is 1. The molecule has 0 saturated heterocycles. The zero-order valence-electron chi connectivity index (χ0n) is 17.5. The minimum Gasteiger partial charge on any atom is -0.437 e. The highest BCUT2D eigenvalue weighted by Crippen LogP contribution is 2.34. The first-order valence-electron chi connectivity index (χ1n) is 10.1. The molecule has 4 rings (SSSR count). The summed E-state index contributed by atoms with van der Waals surface area (Å²) < 4.78 is 44.8. The lowest BCUT2D eigenvalue weighted by Gasteiger charge is -2.18. The fourth-order valence-electron chi connectivity index (χ4n) is 3.28. The van der Waals surface area contributed by atoms with E-state index in [0.29, 0.717) is 27.4 Å². The Morgan fingerprint density at radius 2 is 1.74 bits per heavy atom. The van der Waals surface area contributed by atoms with Gasteiger partial charge in [-0.2, -0.15) is 13.2 Å². The van der Waals surface area contributed by atoms with E-state index in [1.807, 2.05) is 0 Å². The van der Waals surface area contributed by atoms with Crippen molar-refractivity contribution in [2.75, 3.05) is 6.54 Å². The Kier molecular flexibility index (Phi) is 6.67. The van der Waals surface area contributed by atoms with Crippen LogP contribution in [0, 0.1) is 0 Å². The summed E-state index contributed by atoms with van der Waals surface area (Å²) in [7, 11) is 0. The number of amides is 1. The summed E-state index contributed by atoms with van der Waals surface area (Å²) in [6, 6.07) is 17.7. The molecule has 0 unspecified atom stereocenters. The molecule has 0 fully saturated rings. The molecule has 3 aromatic carbocycles. The topological polar surface area (TPSA) is 75.5 Å². The van der Waals surface area contributed by atoms with Crippen molar-refractivity contribution in [1.29, 1.82) is 0 Å². The Balaban J connectivity index is 1.66. The Morgan fingerprint density at radius 3 is 2.47 bits per heavy atom. The molecule has 1 aromatic heterocycles. The number of halogens is 4. The molecule has 174 valence electrons. The van der Waals surface area contributed by atoms with Gasteiger partial charge in [0.1, 0.15) is 11.3 Å². The summed E-state index contributed by atoms with van der Waals surface area (Å²) in [6.45, 7) is -0.0554. The SMILES string of the molecule is O=C(c1c(Oc2cccc(C(F)(F)F)c2)nnc2ccccc12)N(O)CCc1ccc(Cl)cc1. The number of rotatable bonds is 6. The molecule has 0 bridgehead atoms. The number of benzene rings is 3. The van der Waals surface area contributed by atoms with E-state index in [2.05, 4.69) is 10.2 Å². The van der Waals surface area contributed by atoms with Crippen molar-refractivity contribution in [2.45, 2.75) is 12.6 Å². The third kappa shape index (κ3) is 5.27. The third-order valence-electron chi connectivity index (χ3n) is 4.99. The van der Waals surface area contributed by atoms with Gasteiger partial charge in [0.25, 0.3) is 11.8 Å². The van der Waals surface area contributed by atoms with Gasteiger partial charge in [-0.05, 0) is 48.4 Å². The maximum atomic E-state index is 13.2. The summed E-state index contributed by atoms with van der Waals surface area (Å²) >= 11 is 5.88. The van der Waals surface area contributed by atoms with Crippen LogP contribution in [0.2, 0.25) is 5.02 Å². The molecule has 0 aliphatic carbocycles. The molecule has 0 atom stereocenters. The van der Waals surface area contributed by atoms with Gasteiger partial charge in [0.15, 0.2) is 0 Å². The highest BCUT2D eigenvalue weighted by atomic mass is 35.5. The number of fused-ring (bicyclic) bond motifs is 1. The van der Waals surface area contributed by atoms with Gasteiger partial charge in [-0.3, -0.25) is 10.0 Å². The average Bonchev–Trinajstić information content (AvgIpc) is 2.82. The van der Waals surface area contributed by atoms with Crippen LogP contribution in [0.25, 0.3) is 10.9 Å². The minimum absolute atomic E-state index is 0.0554. The maximum Gasteiger partial charge on any atom is 0.416 e. The highest BCUT2D eigenvalue weighted by molar-refractivity contribution is 6.30. The second kappa shape index (κ2) is 9.66. The van der Waals surface area contributed by atoms with Gasteiger partial charge in [0.2, 0.25) is 0 Å². The van der Waals surface area contributed by atoms with Crippen LogP contribution in [-0.2, 0) is 12.6 Å². The van der Waals surface area contributed by atoms with Gasteiger partial charge in [-0.15, -0.1) is 10.2 Å². The van der Waals surface area contributed by atoms with Crippen molar-refractivity contribution in [3.8, 4) is 11.6 Å². The molecule has 0 radical (unpaired) electrons. The van der Waals surface area contributed by atoms with Crippen molar-refractivity contribution in [3.63, 3.8) is 0 Å². The molecule has 34 heavy (non-hydrogen) atoms. The smallest absolute Gasteiger partial charge is 0.416 e. The van der Waals surface area contributed by atoms with Crippen LogP contribution in [-0.4, -0.2) is 32.9 Å². The van der Waals surface area contributed by atoms with Crippen molar-refractivity contribution in [2.24, 2.45) is 0 Å². The Morgan fingerprint density at radius 1 is 1.00 bits per heavy atom. The van der Waals surface area contributed by atoms with Crippen molar-refractivity contribution in [1.82, 2.24) is 15.3 Å². The number of hydroxylamine groups is 2. The third-order valence-corrected chi connectivity index (χ3v) is 5.24. The lowest BCUT2D eigenvalue weighted by atomic mass is 10.1. The van der Waals surface area contributed by atoms with E-state index in [9.17, 15) is 23.2 Å². The van der Waals surface area contributed by atoms with Crippen LogP contribution in [0.1, 0.15) is 21.5 Å². The summed E-state index contributed by atoms with van der Waals surface area (Å²) in [5.41, 5.74) is 0.155. The average molecular weight is 488 g/mol. The molecule has 10 heteroatoms. The van der Waals surface area contributed by atoms with E-state index < -0.39 is 17.6 Å². The predicted octanol–water partition coefficient (Wildman–Crippen LogP) is 6.17. The van der Waals surface area contributed by atoms with E-state index in [4.69, 9.17) is 16.3 Å². The van der Waals surface area contributed by atoms with Crippen LogP contribution >= 0.6 is 11.6 Å². The van der Waals surface area contributed by atoms with E-state index in [1.165, 1.54) is 12.1 Å². The van der Waals surface area contributed by atoms with Gasteiger partial charge < -0.3 is 4.74 Å². The molecular formula is C24H17ClF3N3O3. The first kappa shape index (κ1) is 23.5. The molecule has 0 spiro atoms. The van der Waals surface area contributed by atoms with Crippen LogP contribution < -0.4 is 4.74 Å². The number of carbonyl (C=O) groups is 1. The molecular weight excluding hydrogens is 471 g/mol. The zero-order chi connectivity index (χ0) is 24.3. The lowest BCUT2D eigenvalue weighted by Crippen LogP contribution is -2.30. The molecule has 1 amide bonds. The fourth-order valence-corrected chi connectivity index (χ4v) is 3.41. The van der Waals surface area contributed by atoms with Crippen molar-refractivity contribution < 1.29 is 27.9 Å². The second-order valence-corrected chi connectivity index (χ2v) is 7.77. The summed E-state index contributed by atoms with van der Waals surface area (Å²) in [4.78, 5) is 13.2. The number of hydrogen-bond acceptors (Lipinski definition) is 5. The van der Waals surface area contributed by atoms with Crippen LogP contribution in [0.4, 0.5) is 13.2 Å². The summed E-state index contributed by atoms with van der Waals surface area (Å²) in [5, 5.41) is 19.8. The number of ether oxygens (including phenoxy) is 1. The Hall–Kier alpha value is -3.69. The molecule has 6 nitrogen and oxygen atoms in total. The summed E-state index contributed by atoms with van der Waals surface area (Å²) in [6.07, 6.45) is -4.24. The molecule has 0 saturated carbocycles. The van der Waals surface area contributed by atoms with E-state index in [-0.39, 0.29) is 23.7 Å². The van der Waals surface area contributed by atoms with Gasteiger partial charge in [0, 0.05) is 10.4 Å². The first-order chi connectivity index (χ1) is 16.2. The minimum atomic E-state index is -4.57. The number of carbonyl (C=O) groups excluding carboxylic acids is 1. The van der Waals surface area contributed by atoms with Crippen LogP contribution in [0.5, 0.6) is 11.6 Å². The number of nitrogens with zero attached hydrogens (tertiary/aromatic N) is 3. The zero-order valence-corrected chi connectivity index (χ0v) is 18.2. The van der Waals surface area contributed by atoms with Crippen LogP contribution in [0.15, 0.2) is 72.8 Å². The van der Waals surface area contributed by atoms with Gasteiger partial charge in [-0.25, -0.2) is 5.06 Å². The molecule has 0 aliphatic heterocycles. The maximum absolute atomic E-state index is 13.2. The molecule has 4 aromatic rings. The van der Waals surface area contributed by atoms with Gasteiger partial charge in [-0.1, -0.05) is 48.0 Å². The molecule has 1 N–H and O–H groups in total. The quantitative estimate of drug-likeness (QED) is 0.260.